The van der Waals surface area contributed by atoms with Crippen LogP contribution >= 0.6 is 0 Å². The molecule has 7 aromatic heterocycles. The van der Waals surface area contributed by atoms with Gasteiger partial charge in [0.25, 0.3) is 23.6 Å². The molecule has 0 unspecified atom stereocenters. The number of amides is 8. The molecular formula is C57H86N20O13. The molecule has 7 aromatic rings. The third-order valence-corrected chi connectivity index (χ3v) is 11.8. The molecule has 0 saturated heterocycles. The van der Waals surface area contributed by atoms with E-state index < -0.39 is 17.8 Å². The van der Waals surface area contributed by atoms with Crippen LogP contribution in [0.1, 0.15) is 123 Å². The molecule has 7 heterocycles. The number of ether oxygens (including phenoxy) is 1. The van der Waals surface area contributed by atoms with Gasteiger partial charge in [0.2, 0.25) is 42.1 Å². The molecule has 8 amide bonds. The van der Waals surface area contributed by atoms with Crippen LogP contribution in [0.5, 0.6) is 0 Å². The average Bonchev–Trinajstić information content (AvgIpc) is 2.08. The third kappa shape index (κ3) is 25.3. The Balaban J connectivity index is 0.000000659. The number of hydrogen-bond acceptors (Lipinski definition) is 18. The Morgan fingerprint density at radius 3 is 1.46 bits per heavy atom. The lowest BCUT2D eigenvalue weighted by atomic mass is 10.3. The summed E-state index contributed by atoms with van der Waals surface area (Å²) in [6.45, 7) is 10.9. The zero-order chi connectivity index (χ0) is 68.0. The van der Waals surface area contributed by atoms with E-state index in [1.54, 1.807) is 107 Å². The largest absolute Gasteiger partial charge is 0.460 e. The number of anilines is 6. The maximum absolute atomic E-state index is 12.8. The number of esters is 1. The summed E-state index contributed by atoms with van der Waals surface area (Å²) >= 11 is 0. The van der Waals surface area contributed by atoms with E-state index in [1.165, 1.54) is 32.3 Å². The molecule has 0 aliphatic rings. The van der Waals surface area contributed by atoms with Crippen molar-refractivity contribution < 1.29 is 62.9 Å². The molecule has 492 valence electrons. The zero-order valence-electron chi connectivity index (χ0n) is 53.5. The molecule has 0 saturated carbocycles. The lowest BCUT2D eigenvalue weighted by Gasteiger charge is -2.06. The molecule has 33 nitrogen and oxygen atoms in total. The van der Waals surface area contributed by atoms with Gasteiger partial charge >= 0.3 is 5.97 Å². The molecular weight excluding hydrogens is 1170 g/mol. The van der Waals surface area contributed by atoms with Crippen LogP contribution in [0, 0.1) is 6.92 Å². The number of rotatable bonds is 24. The van der Waals surface area contributed by atoms with E-state index in [1.807, 2.05) is 51.6 Å². The van der Waals surface area contributed by atoms with Gasteiger partial charge in [0.15, 0.2) is 29.6 Å². The average molecular weight is 1260 g/mol. The second-order valence-corrected chi connectivity index (χ2v) is 18.3. The summed E-state index contributed by atoms with van der Waals surface area (Å²) < 4.78 is 16.1. The van der Waals surface area contributed by atoms with Gasteiger partial charge in [-0.05, 0) is 38.5 Å². The Morgan fingerprint density at radius 1 is 0.533 bits per heavy atom. The van der Waals surface area contributed by atoms with Crippen LogP contribution in [-0.2, 0) is 73.2 Å². The van der Waals surface area contributed by atoms with Gasteiger partial charge in [0.1, 0.15) is 11.4 Å². The summed E-state index contributed by atoms with van der Waals surface area (Å²) in [6.07, 6.45) is 16.9. The summed E-state index contributed by atoms with van der Waals surface area (Å²) in [5, 5.41) is 38.0. The lowest BCUT2D eigenvalue weighted by molar-refractivity contribution is -0.116. The molecule has 11 N–H and O–H groups in total. The molecule has 0 radical (unpaired) electrons. The smallest absolute Gasteiger partial charge is 0.374 e. The monoisotopic (exact) mass is 1260 g/mol. The molecule has 0 bridgehead atoms. The van der Waals surface area contributed by atoms with Crippen LogP contribution in [0.2, 0.25) is 0 Å². The second-order valence-electron chi connectivity index (χ2n) is 18.3. The van der Waals surface area contributed by atoms with E-state index in [2.05, 4.69) is 67.8 Å². The summed E-state index contributed by atoms with van der Waals surface area (Å²) in [4.78, 5) is 131. The SMILES string of the molecule is CC.CCCCNC(=O)c1cc(NC(=O)c2nc(NC(=O)CCNC(=O)c3cc(NC)cn3C)cn2C)cn1C.CCOC(=O)c1nc(NC=O)cn1C.CO.CO.Cc1cc(NC(=O)CCNC(=O)c2nc(NC=O)cn2C)cn1C.Cn1ccnc1C=O. The van der Waals surface area contributed by atoms with Crippen LogP contribution in [0.4, 0.5) is 34.5 Å². The Hall–Kier alpha value is -10.7. The number of aldehydes is 1. The predicted molar refractivity (Wildman–Crippen MR) is 338 cm³/mol. The standard InChI is InChI=1S/C25H35N9O4.C15H20N6O3.C8H11N3O3.C5H6N2O.C2H6.2CH4O/c1-6-7-9-27-23(36)19-12-17(14-33(19)4)29-25(38)22-31-20(15-34(22)5)30-21(35)8-10-28-24(37)18-11-16(26-2)13-32(18)3;1-10-6-11(7-20(10)2)18-13(23)4-5-16-15(24)14-19-12(17-9-22)8-21(14)3;1-3-14-8(13)7-10-6(9-5-12)4-11(7)2;1-7-3-2-6-5(7)4-8;3*1-2/h11-15,26H,6-10H2,1-5H3,(H,27,36)(H,28,37)(H,29,38)(H,30,35);6-9H,4-5H2,1-3H3,(H,16,24)(H,17,22)(H,18,23);4-5H,3H2,1-2H3,(H,9,12);2-4H,1H3;1-2H3;2*2H,1H3. The first kappa shape index (κ1) is 77.3. The number of nitrogens with zero attached hydrogens (tertiary/aromatic N) is 11. The Kier molecular flexibility index (Phi) is 35.6. The minimum Gasteiger partial charge on any atom is -0.460 e. The molecule has 7 rings (SSSR count). The number of nitrogens with one attached hydrogen (secondary N) is 9. The molecule has 0 fully saturated rings. The van der Waals surface area contributed by atoms with Gasteiger partial charge in [-0.3, -0.25) is 43.2 Å². The van der Waals surface area contributed by atoms with Crippen molar-refractivity contribution in [1.82, 2.24) is 67.9 Å². The number of hydrogen-bond donors (Lipinski definition) is 11. The minimum atomic E-state index is -0.506. The van der Waals surface area contributed by atoms with Gasteiger partial charge in [0, 0.05) is 158 Å². The van der Waals surface area contributed by atoms with Gasteiger partial charge in [-0.2, -0.15) is 0 Å². The van der Waals surface area contributed by atoms with Gasteiger partial charge in [-0.1, -0.05) is 27.2 Å². The highest BCUT2D eigenvalue weighted by Crippen LogP contribution is 2.17. The van der Waals surface area contributed by atoms with Crippen molar-refractivity contribution in [3.05, 3.63) is 108 Å². The Labute approximate surface area is 521 Å². The van der Waals surface area contributed by atoms with Crippen LogP contribution in [0.15, 0.2) is 67.8 Å². The highest BCUT2D eigenvalue weighted by Gasteiger charge is 2.20. The van der Waals surface area contributed by atoms with Crippen LogP contribution in [0.3, 0.4) is 0 Å². The van der Waals surface area contributed by atoms with Crippen LogP contribution in [-0.4, -0.2) is 170 Å². The summed E-state index contributed by atoms with van der Waals surface area (Å²) in [5.41, 5.74) is 3.91. The highest BCUT2D eigenvalue weighted by atomic mass is 16.5. The van der Waals surface area contributed by atoms with Crippen molar-refractivity contribution in [3.63, 3.8) is 0 Å². The Morgan fingerprint density at radius 2 is 0.989 bits per heavy atom. The normalized spacial score (nSPS) is 9.74. The highest BCUT2D eigenvalue weighted by molar-refractivity contribution is 6.04. The summed E-state index contributed by atoms with van der Waals surface area (Å²) in [6, 6.07) is 5.18. The number of carbonyl (C=O) groups excluding carboxylic acids is 10. The second kappa shape index (κ2) is 41.4. The molecule has 0 aromatic carbocycles. The van der Waals surface area contributed by atoms with Crippen LogP contribution in [0.25, 0.3) is 0 Å². The molecule has 0 aliphatic heterocycles. The number of aromatic nitrogens is 11. The van der Waals surface area contributed by atoms with E-state index in [0.717, 1.165) is 50.4 Å². The first-order chi connectivity index (χ1) is 43.0. The van der Waals surface area contributed by atoms with E-state index >= 15 is 0 Å². The van der Waals surface area contributed by atoms with Crippen molar-refractivity contribution in [2.75, 3.05) is 79.4 Å². The number of imidazole rings is 4. The third-order valence-electron chi connectivity index (χ3n) is 11.8. The molecule has 33 heteroatoms. The van der Waals surface area contributed by atoms with Crippen molar-refractivity contribution in [3.8, 4) is 0 Å². The maximum Gasteiger partial charge on any atom is 0.374 e. The molecule has 0 atom stereocenters. The number of aryl methyl sites for hydroxylation is 8. The number of unbranched alkanes of at least 4 members (excludes halogenated alkanes) is 1. The van der Waals surface area contributed by atoms with Gasteiger partial charge < -0.3 is 94.8 Å². The van der Waals surface area contributed by atoms with E-state index in [0.29, 0.717) is 54.7 Å². The molecule has 0 spiro atoms. The van der Waals surface area contributed by atoms with Crippen LogP contribution < -0.4 is 47.9 Å². The maximum atomic E-state index is 12.8. The number of aliphatic hydroxyl groups is 2. The van der Waals surface area contributed by atoms with Gasteiger partial charge in [-0.25, -0.2) is 24.7 Å². The quantitative estimate of drug-likeness (QED) is 0.0235. The van der Waals surface area contributed by atoms with E-state index in [9.17, 15) is 47.9 Å². The minimum absolute atomic E-state index is 0.0280. The first-order valence-electron chi connectivity index (χ1n) is 27.9. The lowest BCUT2D eigenvalue weighted by Crippen LogP contribution is -2.29. The van der Waals surface area contributed by atoms with Crippen molar-refractivity contribution in [2.24, 2.45) is 49.3 Å². The first-order valence-corrected chi connectivity index (χ1v) is 27.9. The van der Waals surface area contributed by atoms with E-state index in [-0.39, 0.29) is 78.7 Å². The predicted octanol–water partition coefficient (Wildman–Crippen LogP) is 2.71. The number of carbonyl (C=O) groups is 10. The molecule has 0 aliphatic carbocycles. The topological polar surface area (TPSA) is 415 Å². The van der Waals surface area contributed by atoms with Crippen molar-refractivity contribution in [1.29, 1.82) is 0 Å². The van der Waals surface area contributed by atoms with Gasteiger partial charge in [-0.15, -0.1) is 0 Å². The fraction of sp³-hybridized carbons (Fsp3) is 0.404. The fourth-order valence-electron chi connectivity index (χ4n) is 7.38. The summed E-state index contributed by atoms with van der Waals surface area (Å²) in [7, 11) is 15.8. The van der Waals surface area contributed by atoms with Crippen molar-refractivity contribution >= 4 is 95.0 Å². The fourth-order valence-corrected chi connectivity index (χ4v) is 7.38. The van der Waals surface area contributed by atoms with E-state index in [4.69, 9.17) is 14.9 Å². The zero-order valence-corrected chi connectivity index (χ0v) is 53.5. The molecule has 90 heavy (non-hydrogen) atoms. The summed E-state index contributed by atoms with van der Waals surface area (Å²) in [5.74, 6) is -0.799. The van der Waals surface area contributed by atoms with Crippen molar-refractivity contribution in [2.45, 2.75) is 60.3 Å². The van der Waals surface area contributed by atoms with Gasteiger partial charge in [0.05, 0.1) is 23.7 Å². The Bertz CT molecular complexity index is 3400. The number of aliphatic hydroxyl groups excluding tert-OH is 2.